The minimum atomic E-state index is 1.21. The third-order valence-electron chi connectivity index (χ3n) is 1.79. The number of hydrogen-bond donors (Lipinski definition) is 0. The molecule has 2 aromatic heterocycles. The second-order valence-electron chi connectivity index (χ2n) is 2.60. The van der Waals surface area contributed by atoms with E-state index in [4.69, 9.17) is 0 Å². The van der Waals surface area contributed by atoms with Crippen molar-refractivity contribution in [2.75, 3.05) is 0 Å². The second kappa shape index (κ2) is 3.31. The molecule has 12 heavy (non-hydrogen) atoms. The van der Waals surface area contributed by atoms with Crippen LogP contribution in [0.5, 0.6) is 0 Å². The van der Waals surface area contributed by atoms with Crippen LogP contribution in [0.15, 0.2) is 48.6 Å². The van der Waals surface area contributed by atoms with Crippen LogP contribution in [0, 0.1) is 0 Å². The van der Waals surface area contributed by atoms with Gasteiger partial charge in [-0.3, -0.25) is 0 Å². The Morgan fingerprint density at radius 2 is 1.42 bits per heavy atom. The van der Waals surface area contributed by atoms with E-state index in [1.54, 1.807) is 0 Å². The molecule has 2 heteroatoms. The summed E-state index contributed by atoms with van der Waals surface area (Å²) >= 11 is 0. The van der Waals surface area contributed by atoms with Gasteiger partial charge >= 0.3 is 71.6 Å². The summed E-state index contributed by atoms with van der Waals surface area (Å²) in [5, 5.41) is 0. The maximum atomic E-state index is 3.97. The molecule has 0 saturated heterocycles. The van der Waals surface area contributed by atoms with Crippen LogP contribution >= 0.6 is 0 Å². The number of nitrogens with zero attached hydrogens (tertiary/aromatic N) is 1. The summed E-state index contributed by atoms with van der Waals surface area (Å²) < 4.78 is 0. The molecule has 0 N–H and O–H groups in total. The van der Waals surface area contributed by atoms with Crippen molar-refractivity contribution in [2.24, 2.45) is 0 Å². The van der Waals surface area contributed by atoms with Gasteiger partial charge in [0.2, 0.25) is 0 Å². The van der Waals surface area contributed by atoms with Crippen molar-refractivity contribution in [3.63, 3.8) is 0 Å². The van der Waals surface area contributed by atoms with Crippen LogP contribution in [0.25, 0.3) is 11.1 Å². The SMILES string of the molecule is b1ccc(-c2ccncc2)cc1. The van der Waals surface area contributed by atoms with Crippen LogP contribution in [0.2, 0.25) is 0 Å². The van der Waals surface area contributed by atoms with Crippen LogP contribution in [-0.4, -0.2) is 11.9 Å². The molecule has 0 atom stereocenters. The van der Waals surface area contributed by atoms with E-state index < -0.39 is 0 Å². The Labute approximate surface area is 72.3 Å². The Balaban J connectivity index is 2.46. The fourth-order valence-electron chi connectivity index (χ4n) is 1.17. The van der Waals surface area contributed by atoms with E-state index in [0.717, 1.165) is 0 Å². The molecule has 0 saturated carbocycles. The second-order valence-corrected chi connectivity index (χ2v) is 2.60. The first-order valence-corrected chi connectivity index (χ1v) is 3.92. The van der Waals surface area contributed by atoms with Gasteiger partial charge in [-0.25, -0.2) is 0 Å². The fraction of sp³-hybridized carbons (Fsp3) is 0. The van der Waals surface area contributed by atoms with Crippen molar-refractivity contribution >= 4 is 6.91 Å². The van der Waals surface area contributed by atoms with Gasteiger partial charge in [-0.1, -0.05) is 0 Å². The zero-order valence-electron chi connectivity index (χ0n) is 6.64. The number of aromatic nitrogens is 1. The molecule has 2 aromatic rings. The summed E-state index contributed by atoms with van der Waals surface area (Å²) in [6, 6.07) is 8.20. The number of pyridine rings is 1. The molecule has 0 aromatic carbocycles. The molecular formula is C10H8BN. The average Bonchev–Trinajstić information content (AvgIpc) is 2.21. The first-order chi connectivity index (χ1) is 5.97. The Bertz CT molecular complexity index is 307. The standard InChI is InChI=1S/C10H8BN/c1-5-11-6-2-9(1)10-3-7-12-8-4-10/h1-8H. The third-order valence-corrected chi connectivity index (χ3v) is 1.79. The van der Waals surface area contributed by atoms with Gasteiger partial charge < -0.3 is 0 Å². The van der Waals surface area contributed by atoms with Gasteiger partial charge in [-0.2, -0.15) is 0 Å². The molecule has 0 bridgehead atoms. The number of rotatable bonds is 1. The van der Waals surface area contributed by atoms with Gasteiger partial charge in [0.05, 0.1) is 0 Å². The molecule has 0 fully saturated rings. The van der Waals surface area contributed by atoms with E-state index in [2.05, 4.69) is 17.1 Å². The van der Waals surface area contributed by atoms with E-state index in [9.17, 15) is 0 Å². The molecule has 2 rings (SSSR count). The summed E-state index contributed by atoms with van der Waals surface area (Å²) in [5.41, 5.74) is 2.45. The summed E-state index contributed by atoms with van der Waals surface area (Å²) in [4.78, 5) is 3.97. The van der Waals surface area contributed by atoms with Crippen LogP contribution in [0.1, 0.15) is 0 Å². The Kier molecular flexibility index (Phi) is 1.99. The maximum absolute atomic E-state index is 3.97. The van der Waals surface area contributed by atoms with E-state index in [1.807, 2.05) is 43.4 Å². The third kappa shape index (κ3) is 1.42. The van der Waals surface area contributed by atoms with Crippen LogP contribution < -0.4 is 0 Å². The zero-order valence-corrected chi connectivity index (χ0v) is 6.64. The Morgan fingerprint density at radius 3 is 2.08 bits per heavy atom. The molecule has 0 amide bonds. The van der Waals surface area contributed by atoms with Gasteiger partial charge in [-0.15, -0.1) is 0 Å². The number of hydrogen-bond acceptors (Lipinski definition) is 1. The molecule has 1 nitrogen and oxygen atoms in total. The van der Waals surface area contributed by atoms with Gasteiger partial charge in [0, 0.05) is 0 Å². The Morgan fingerprint density at radius 1 is 0.833 bits per heavy atom. The molecule has 0 aliphatic carbocycles. The summed E-state index contributed by atoms with van der Waals surface area (Å²) in [6.07, 6.45) is 3.62. The van der Waals surface area contributed by atoms with Crippen molar-refractivity contribution in [3.8, 4) is 11.1 Å². The van der Waals surface area contributed by atoms with Crippen LogP contribution in [0.4, 0.5) is 0 Å². The van der Waals surface area contributed by atoms with Crippen molar-refractivity contribution < 1.29 is 0 Å². The fourth-order valence-corrected chi connectivity index (χ4v) is 1.17. The topological polar surface area (TPSA) is 12.9 Å². The first kappa shape index (κ1) is 7.23. The molecule has 0 aliphatic heterocycles. The predicted octanol–water partition coefficient (Wildman–Crippen LogP) is 2.09. The van der Waals surface area contributed by atoms with Crippen molar-refractivity contribution in [2.45, 2.75) is 0 Å². The molecule has 56 valence electrons. The van der Waals surface area contributed by atoms with Crippen molar-refractivity contribution in [1.29, 1.82) is 0 Å². The average molecular weight is 153 g/mol. The molecule has 0 unspecified atom stereocenters. The monoisotopic (exact) mass is 153 g/mol. The summed E-state index contributed by atoms with van der Waals surface area (Å²) in [7, 11) is 0. The molecule has 2 heterocycles. The van der Waals surface area contributed by atoms with Gasteiger partial charge in [0.25, 0.3) is 0 Å². The predicted molar refractivity (Wildman–Crippen MR) is 51.0 cm³/mol. The molecule has 0 aliphatic rings. The molecule has 0 spiro atoms. The minimum absolute atomic E-state index is 1.21. The van der Waals surface area contributed by atoms with E-state index in [0.29, 0.717) is 0 Å². The normalized spacial score (nSPS) is 9.33. The van der Waals surface area contributed by atoms with Gasteiger partial charge in [-0.05, 0) is 0 Å². The van der Waals surface area contributed by atoms with Gasteiger partial charge in [0.1, 0.15) is 0 Å². The zero-order chi connectivity index (χ0) is 8.23. The van der Waals surface area contributed by atoms with E-state index in [-0.39, 0.29) is 0 Å². The Hall–Kier alpha value is -1.44. The van der Waals surface area contributed by atoms with E-state index >= 15 is 0 Å². The molecular weight excluding hydrogens is 145 g/mol. The first-order valence-electron chi connectivity index (χ1n) is 3.92. The van der Waals surface area contributed by atoms with Gasteiger partial charge in [0.15, 0.2) is 0 Å². The quantitative estimate of drug-likeness (QED) is 0.611. The van der Waals surface area contributed by atoms with E-state index in [1.165, 1.54) is 11.1 Å². The van der Waals surface area contributed by atoms with Crippen LogP contribution in [-0.2, 0) is 0 Å². The van der Waals surface area contributed by atoms with Crippen molar-refractivity contribution in [1.82, 2.24) is 4.98 Å². The van der Waals surface area contributed by atoms with Crippen molar-refractivity contribution in [3.05, 3.63) is 48.6 Å². The van der Waals surface area contributed by atoms with Crippen LogP contribution in [0.3, 0.4) is 0 Å². The summed E-state index contributed by atoms with van der Waals surface area (Å²) in [6.45, 7) is 2.02. The molecule has 0 radical (unpaired) electrons. The summed E-state index contributed by atoms with van der Waals surface area (Å²) in [5.74, 6) is 4.07.